The molecule has 1 rings (SSSR count). The van der Waals surface area contributed by atoms with Gasteiger partial charge in [-0.3, -0.25) is 14.9 Å². The van der Waals surface area contributed by atoms with Crippen molar-refractivity contribution >= 4 is 11.6 Å². The van der Waals surface area contributed by atoms with Crippen LogP contribution in [0, 0.1) is 10.1 Å². The summed E-state index contributed by atoms with van der Waals surface area (Å²) in [6.07, 6.45) is 3.38. The maximum absolute atomic E-state index is 11.7. The Balaban J connectivity index is 2.75. The Morgan fingerprint density at radius 2 is 2.12 bits per heavy atom. The number of nitro benzene ring substituents is 1. The lowest BCUT2D eigenvalue weighted by Gasteiger charge is -2.02. The van der Waals surface area contributed by atoms with Crippen LogP contribution in [0.3, 0.4) is 0 Å². The molecule has 0 aliphatic rings. The quantitative estimate of drug-likeness (QED) is 0.449. The molecule has 0 fully saturated rings. The molecule has 0 spiro atoms. The Hall–Kier alpha value is -2.21. The lowest BCUT2D eigenvalue weighted by atomic mass is 10.1. The van der Waals surface area contributed by atoms with Crippen molar-refractivity contribution in [3.8, 4) is 0 Å². The van der Waals surface area contributed by atoms with Gasteiger partial charge in [-0.25, -0.2) is 0 Å². The number of carbonyl (C=O) groups is 1. The van der Waals surface area contributed by atoms with Gasteiger partial charge in [0.25, 0.3) is 11.6 Å². The number of amides is 1. The predicted molar refractivity (Wildman–Crippen MR) is 63.6 cm³/mol. The maximum Gasteiger partial charge on any atom is 0.282 e. The predicted octanol–water partition coefficient (Wildman–Crippen LogP) is 0.839. The van der Waals surface area contributed by atoms with E-state index in [2.05, 4.69) is 5.32 Å². The monoisotopic (exact) mass is 235 g/mol. The van der Waals surface area contributed by atoms with E-state index in [9.17, 15) is 14.9 Å². The van der Waals surface area contributed by atoms with Crippen molar-refractivity contribution in [1.29, 1.82) is 0 Å². The molecule has 0 aromatic heterocycles. The molecule has 0 heterocycles. The van der Waals surface area contributed by atoms with Gasteiger partial charge in [0, 0.05) is 19.2 Å². The summed E-state index contributed by atoms with van der Waals surface area (Å²) in [5.74, 6) is -0.473. The zero-order valence-corrected chi connectivity index (χ0v) is 9.13. The normalized spacial score (nSPS) is 10.4. The first-order valence-electron chi connectivity index (χ1n) is 5.03. The summed E-state index contributed by atoms with van der Waals surface area (Å²) in [4.78, 5) is 21.8. The molecule has 0 saturated heterocycles. The van der Waals surface area contributed by atoms with E-state index < -0.39 is 10.8 Å². The molecule has 17 heavy (non-hydrogen) atoms. The van der Waals surface area contributed by atoms with Crippen LogP contribution in [0.15, 0.2) is 36.4 Å². The molecule has 0 aliphatic heterocycles. The summed E-state index contributed by atoms with van der Waals surface area (Å²) in [5.41, 5.74) is 5.08. The SMILES string of the molecule is NC/C=C/CNC(=O)c1ccccc1[N+](=O)[O-]. The van der Waals surface area contributed by atoms with Gasteiger partial charge in [-0.1, -0.05) is 24.3 Å². The minimum absolute atomic E-state index is 0.0543. The standard InChI is InChI=1S/C11H13N3O3/c12-7-3-4-8-13-11(15)9-5-1-2-6-10(9)14(16)17/h1-6H,7-8,12H2,(H,13,15)/b4-3+. The lowest BCUT2D eigenvalue weighted by molar-refractivity contribution is -0.385. The summed E-state index contributed by atoms with van der Waals surface area (Å²) < 4.78 is 0. The highest BCUT2D eigenvalue weighted by Crippen LogP contribution is 2.16. The highest BCUT2D eigenvalue weighted by Gasteiger charge is 2.17. The Morgan fingerprint density at radius 3 is 2.76 bits per heavy atom. The number of rotatable bonds is 5. The molecule has 1 aromatic rings. The van der Waals surface area contributed by atoms with Gasteiger partial charge in [0.2, 0.25) is 0 Å². The highest BCUT2D eigenvalue weighted by atomic mass is 16.6. The van der Waals surface area contributed by atoms with Crippen LogP contribution in [0.1, 0.15) is 10.4 Å². The number of nitro groups is 1. The average Bonchev–Trinajstić information content (AvgIpc) is 2.34. The van der Waals surface area contributed by atoms with E-state index in [1.807, 2.05) is 0 Å². The van der Waals surface area contributed by atoms with Crippen LogP contribution in [0.25, 0.3) is 0 Å². The van der Waals surface area contributed by atoms with Crippen LogP contribution >= 0.6 is 0 Å². The molecule has 6 nitrogen and oxygen atoms in total. The van der Waals surface area contributed by atoms with E-state index in [0.717, 1.165) is 0 Å². The third-order valence-corrected chi connectivity index (χ3v) is 2.03. The number of carbonyl (C=O) groups excluding carboxylic acids is 1. The third-order valence-electron chi connectivity index (χ3n) is 2.03. The lowest BCUT2D eigenvalue weighted by Crippen LogP contribution is -2.24. The molecule has 3 N–H and O–H groups in total. The molecule has 0 aliphatic carbocycles. The van der Waals surface area contributed by atoms with Crippen molar-refractivity contribution in [3.63, 3.8) is 0 Å². The Kier molecular flexibility index (Phi) is 4.83. The molecule has 1 aromatic carbocycles. The van der Waals surface area contributed by atoms with Crippen LogP contribution in [0.5, 0.6) is 0 Å². The average molecular weight is 235 g/mol. The number of benzene rings is 1. The van der Waals surface area contributed by atoms with Gasteiger partial charge in [0.05, 0.1) is 4.92 Å². The van der Waals surface area contributed by atoms with E-state index in [0.29, 0.717) is 13.1 Å². The van der Waals surface area contributed by atoms with E-state index >= 15 is 0 Å². The first kappa shape index (κ1) is 12.9. The minimum atomic E-state index is -0.579. The minimum Gasteiger partial charge on any atom is -0.348 e. The van der Waals surface area contributed by atoms with Gasteiger partial charge in [0.1, 0.15) is 5.56 Å². The van der Waals surface area contributed by atoms with E-state index in [1.54, 1.807) is 18.2 Å². The van der Waals surface area contributed by atoms with Crippen LogP contribution in [-0.2, 0) is 0 Å². The number of hydrogen-bond acceptors (Lipinski definition) is 4. The van der Waals surface area contributed by atoms with Gasteiger partial charge in [0.15, 0.2) is 0 Å². The Bertz CT molecular complexity index is 443. The van der Waals surface area contributed by atoms with Crippen molar-refractivity contribution in [2.75, 3.05) is 13.1 Å². The molecular weight excluding hydrogens is 222 g/mol. The first-order valence-corrected chi connectivity index (χ1v) is 5.03. The zero-order chi connectivity index (χ0) is 12.7. The fourth-order valence-corrected chi connectivity index (χ4v) is 1.25. The molecule has 0 unspecified atom stereocenters. The largest absolute Gasteiger partial charge is 0.348 e. The van der Waals surface area contributed by atoms with Crippen molar-refractivity contribution in [1.82, 2.24) is 5.32 Å². The van der Waals surface area contributed by atoms with Crippen LogP contribution in [-0.4, -0.2) is 23.9 Å². The summed E-state index contributed by atoms with van der Waals surface area (Å²) in [6.45, 7) is 0.684. The van der Waals surface area contributed by atoms with Crippen molar-refractivity contribution in [2.24, 2.45) is 5.73 Å². The summed E-state index contributed by atoms with van der Waals surface area (Å²) in [6, 6.07) is 5.81. The number of nitrogens with zero attached hydrogens (tertiary/aromatic N) is 1. The topological polar surface area (TPSA) is 98.3 Å². The molecule has 1 amide bonds. The third kappa shape index (κ3) is 3.69. The zero-order valence-electron chi connectivity index (χ0n) is 9.13. The van der Waals surface area contributed by atoms with Gasteiger partial charge < -0.3 is 11.1 Å². The van der Waals surface area contributed by atoms with Gasteiger partial charge >= 0.3 is 0 Å². The molecular formula is C11H13N3O3. The Morgan fingerprint density at radius 1 is 1.41 bits per heavy atom. The first-order chi connectivity index (χ1) is 8.16. The molecule has 0 radical (unpaired) electrons. The second-order valence-electron chi connectivity index (χ2n) is 3.19. The van der Waals surface area contributed by atoms with Crippen LogP contribution in [0.2, 0.25) is 0 Å². The number of nitrogens with one attached hydrogen (secondary N) is 1. The van der Waals surface area contributed by atoms with E-state index in [-0.39, 0.29) is 11.3 Å². The summed E-state index contributed by atoms with van der Waals surface area (Å²) >= 11 is 0. The van der Waals surface area contributed by atoms with Crippen LogP contribution < -0.4 is 11.1 Å². The summed E-state index contributed by atoms with van der Waals surface area (Å²) in [7, 11) is 0. The fourth-order valence-electron chi connectivity index (χ4n) is 1.25. The maximum atomic E-state index is 11.7. The van der Waals surface area contributed by atoms with Crippen molar-refractivity contribution in [3.05, 3.63) is 52.1 Å². The van der Waals surface area contributed by atoms with Gasteiger partial charge in [-0.05, 0) is 6.07 Å². The molecule has 0 saturated carbocycles. The second kappa shape index (κ2) is 6.39. The van der Waals surface area contributed by atoms with Crippen LogP contribution in [0.4, 0.5) is 5.69 Å². The smallest absolute Gasteiger partial charge is 0.282 e. The highest BCUT2D eigenvalue weighted by molar-refractivity contribution is 5.98. The molecule has 0 atom stereocenters. The number of para-hydroxylation sites is 1. The van der Waals surface area contributed by atoms with Gasteiger partial charge in [-0.2, -0.15) is 0 Å². The number of nitrogens with two attached hydrogens (primary N) is 1. The molecule has 6 heteroatoms. The number of hydrogen-bond donors (Lipinski definition) is 2. The fraction of sp³-hybridized carbons (Fsp3) is 0.182. The summed E-state index contributed by atoms with van der Waals surface area (Å²) in [5, 5.41) is 13.2. The molecule has 90 valence electrons. The van der Waals surface area contributed by atoms with Crippen molar-refractivity contribution in [2.45, 2.75) is 0 Å². The molecule has 0 bridgehead atoms. The van der Waals surface area contributed by atoms with Gasteiger partial charge in [-0.15, -0.1) is 0 Å². The van der Waals surface area contributed by atoms with E-state index in [1.165, 1.54) is 18.2 Å². The van der Waals surface area contributed by atoms with E-state index in [4.69, 9.17) is 5.73 Å². The second-order valence-corrected chi connectivity index (χ2v) is 3.19. The van der Waals surface area contributed by atoms with Crippen molar-refractivity contribution < 1.29 is 9.72 Å². The Labute approximate surface area is 98.3 Å².